The zero-order valence-corrected chi connectivity index (χ0v) is 12.8. The molecular formula is C14H23N5O. The monoisotopic (exact) mass is 277 g/mol. The molecule has 0 bridgehead atoms. The van der Waals surface area contributed by atoms with E-state index in [0.717, 1.165) is 12.8 Å². The van der Waals surface area contributed by atoms with Crippen molar-refractivity contribution in [3.8, 4) is 0 Å². The first-order chi connectivity index (χ1) is 9.36. The first-order valence-corrected chi connectivity index (χ1v) is 7.11. The van der Waals surface area contributed by atoms with Gasteiger partial charge in [0, 0.05) is 6.04 Å². The lowest BCUT2D eigenvalue weighted by Gasteiger charge is -2.20. The Morgan fingerprint density at radius 2 is 2.00 bits per heavy atom. The number of nitrogens with one attached hydrogen (secondary N) is 2. The lowest BCUT2D eigenvalue weighted by molar-refractivity contribution is 0.366. The fourth-order valence-corrected chi connectivity index (χ4v) is 2.16. The molecule has 0 saturated heterocycles. The van der Waals surface area contributed by atoms with E-state index in [0.29, 0.717) is 23.0 Å². The third kappa shape index (κ3) is 2.69. The molecule has 2 rings (SSSR count). The molecule has 0 spiro atoms. The van der Waals surface area contributed by atoms with Gasteiger partial charge in [-0.15, -0.1) is 0 Å². The summed E-state index contributed by atoms with van der Waals surface area (Å²) >= 11 is 0. The van der Waals surface area contributed by atoms with Gasteiger partial charge in [0.1, 0.15) is 5.39 Å². The quantitative estimate of drug-likeness (QED) is 0.900. The first-order valence-electron chi connectivity index (χ1n) is 7.11. The fraction of sp³-hybridized carbons (Fsp3) is 0.643. The molecule has 0 amide bonds. The Hall–Kier alpha value is -1.85. The summed E-state index contributed by atoms with van der Waals surface area (Å²) in [4.78, 5) is 19.4. The SMILES string of the molecule is CCC(CC)Nc1nc2c(cnn2C(C)(C)C)c(=O)[nH]1. The van der Waals surface area contributed by atoms with Gasteiger partial charge in [0.05, 0.1) is 11.7 Å². The highest BCUT2D eigenvalue weighted by molar-refractivity contribution is 5.74. The molecule has 6 heteroatoms. The van der Waals surface area contributed by atoms with Crippen molar-refractivity contribution >= 4 is 17.0 Å². The van der Waals surface area contributed by atoms with Crippen molar-refractivity contribution in [1.82, 2.24) is 19.7 Å². The van der Waals surface area contributed by atoms with Crippen molar-refractivity contribution in [3.63, 3.8) is 0 Å². The van der Waals surface area contributed by atoms with Gasteiger partial charge in [-0.3, -0.25) is 9.78 Å². The van der Waals surface area contributed by atoms with Crippen molar-refractivity contribution in [2.45, 2.75) is 59.0 Å². The number of H-pyrrole nitrogens is 1. The Bertz CT molecular complexity index is 646. The van der Waals surface area contributed by atoms with Gasteiger partial charge in [0.25, 0.3) is 5.56 Å². The number of hydrogen-bond donors (Lipinski definition) is 2. The van der Waals surface area contributed by atoms with Gasteiger partial charge in [-0.2, -0.15) is 10.1 Å². The van der Waals surface area contributed by atoms with E-state index in [-0.39, 0.29) is 11.1 Å². The van der Waals surface area contributed by atoms with Crippen LogP contribution in [0.4, 0.5) is 5.95 Å². The van der Waals surface area contributed by atoms with E-state index < -0.39 is 0 Å². The average molecular weight is 277 g/mol. The van der Waals surface area contributed by atoms with Crippen LogP contribution in [0.2, 0.25) is 0 Å². The molecule has 0 aromatic carbocycles. The summed E-state index contributed by atoms with van der Waals surface area (Å²) < 4.78 is 1.79. The largest absolute Gasteiger partial charge is 0.353 e. The minimum absolute atomic E-state index is 0.154. The van der Waals surface area contributed by atoms with Crippen LogP contribution in [0.5, 0.6) is 0 Å². The normalized spacial score (nSPS) is 12.3. The van der Waals surface area contributed by atoms with Gasteiger partial charge in [-0.05, 0) is 33.6 Å². The Morgan fingerprint density at radius 1 is 1.35 bits per heavy atom. The van der Waals surface area contributed by atoms with Crippen molar-refractivity contribution in [2.24, 2.45) is 0 Å². The van der Waals surface area contributed by atoms with Gasteiger partial charge in [-0.25, -0.2) is 4.68 Å². The summed E-state index contributed by atoms with van der Waals surface area (Å²) in [7, 11) is 0. The molecule has 0 aliphatic rings. The van der Waals surface area contributed by atoms with Crippen molar-refractivity contribution < 1.29 is 0 Å². The zero-order chi connectivity index (χ0) is 14.9. The molecule has 0 unspecified atom stereocenters. The van der Waals surface area contributed by atoms with Crippen LogP contribution in [-0.4, -0.2) is 25.8 Å². The Morgan fingerprint density at radius 3 is 2.55 bits per heavy atom. The zero-order valence-electron chi connectivity index (χ0n) is 12.8. The second-order valence-corrected chi connectivity index (χ2v) is 6.04. The number of aromatic nitrogens is 4. The minimum atomic E-state index is -0.214. The van der Waals surface area contributed by atoms with Crippen LogP contribution in [0.25, 0.3) is 11.0 Å². The second-order valence-electron chi connectivity index (χ2n) is 6.04. The molecule has 110 valence electrons. The highest BCUT2D eigenvalue weighted by Crippen LogP contribution is 2.19. The molecule has 2 heterocycles. The van der Waals surface area contributed by atoms with Crippen molar-refractivity contribution in [3.05, 3.63) is 16.6 Å². The third-order valence-electron chi connectivity index (χ3n) is 3.40. The summed E-state index contributed by atoms with van der Waals surface area (Å²) in [6.07, 6.45) is 3.54. The van der Waals surface area contributed by atoms with E-state index in [4.69, 9.17) is 0 Å². The van der Waals surface area contributed by atoms with Gasteiger partial charge < -0.3 is 5.32 Å². The number of hydrogen-bond acceptors (Lipinski definition) is 4. The highest BCUT2D eigenvalue weighted by atomic mass is 16.1. The summed E-state index contributed by atoms with van der Waals surface area (Å²) in [5.41, 5.74) is 0.253. The van der Waals surface area contributed by atoms with E-state index in [2.05, 4.69) is 34.2 Å². The molecule has 0 radical (unpaired) electrons. The van der Waals surface area contributed by atoms with E-state index in [1.807, 2.05) is 20.8 Å². The van der Waals surface area contributed by atoms with Crippen molar-refractivity contribution in [2.75, 3.05) is 5.32 Å². The molecule has 0 aliphatic carbocycles. The second kappa shape index (κ2) is 5.26. The molecule has 2 aromatic rings. The molecule has 0 saturated carbocycles. The van der Waals surface area contributed by atoms with Crippen LogP contribution >= 0.6 is 0 Å². The van der Waals surface area contributed by atoms with Crippen molar-refractivity contribution in [1.29, 1.82) is 0 Å². The lowest BCUT2D eigenvalue weighted by Crippen LogP contribution is -2.25. The first kappa shape index (κ1) is 14.6. The molecular weight excluding hydrogens is 254 g/mol. The summed E-state index contributed by atoms with van der Waals surface area (Å²) in [6, 6.07) is 0.307. The van der Waals surface area contributed by atoms with E-state index >= 15 is 0 Å². The number of anilines is 1. The fourth-order valence-electron chi connectivity index (χ4n) is 2.16. The predicted octanol–water partition coefficient (Wildman–Crippen LogP) is 2.48. The van der Waals surface area contributed by atoms with Gasteiger partial charge >= 0.3 is 0 Å². The molecule has 0 fully saturated rings. The van der Waals surface area contributed by atoms with Gasteiger partial charge in [0.15, 0.2) is 5.65 Å². The number of rotatable bonds is 4. The van der Waals surface area contributed by atoms with Crippen LogP contribution in [0.1, 0.15) is 47.5 Å². The van der Waals surface area contributed by atoms with Crippen LogP contribution in [0.3, 0.4) is 0 Å². The maximum atomic E-state index is 12.1. The van der Waals surface area contributed by atoms with Gasteiger partial charge in [-0.1, -0.05) is 13.8 Å². The van der Waals surface area contributed by atoms with Crippen LogP contribution in [0.15, 0.2) is 11.0 Å². The Balaban J connectivity index is 2.52. The highest BCUT2D eigenvalue weighted by Gasteiger charge is 2.20. The van der Waals surface area contributed by atoms with Crippen LogP contribution < -0.4 is 10.9 Å². The third-order valence-corrected chi connectivity index (χ3v) is 3.40. The van der Waals surface area contributed by atoms with Crippen LogP contribution in [-0.2, 0) is 5.54 Å². The topological polar surface area (TPSA) is 75.6 Å². The maximum absolute atomic E-state index is 12.1. The number of nitrogens with zero attached hydrogens (tertiary/aromatic N) is 3. The van der Waals surface area contributed by atoms with Crippen LogP contribution in [0, 0.1) is 0 Å². The molecule has 0 atom stereocenters. The molecule has 6 nitrogen and oxygen atoms in total. The summed E-state index contributed by atoms with van der Waals surface area (Å²) in [6.45, 7) is 10.3. The smallest absolute Gasteiger partial charge is 0.263 e. The maximum Gasteiger partial charge on any atom is 0.263 e. The summed E-state index contributed by atoms with van der Waals surface area (Å²) in [5, 5.41) is 8.09. The van der Waals surface area contributed by atoms with E-state index in [1.54, 1.807) is 10.9 Å². The molecule has 2 N–H and O–H groups in total. The van der Waals surface area contributed by atoms with E-state index in [1.165, 1.54) is 0 Å². The molecule has 0 aliphatic heterocycles. The minimum Gasteiger partial charge on any atom is -0.353 e. The Labute approximate surface area is 118 Å². The molecule has 20 heavy (non-hydrogen) atoms. The number of aromatic amines is 1. The number of fused-ring (bicyclic) bond motifs is 1. The van der Waals surface area contributed by atoms with Gasteiger partial charge in [0.2, 0.25) is 5.95 Å². The lowest BCUT2D eigenvalue weighted by atomic mass is 10.1. The predicted molar refractivity (Wildman–Crippen MR) is 81.1 cm³/mol. The summed E-state index contributed by atoms with van der Waals surface area (Å²) in [5.74, 6) is 0.516. The van der Waals surface area contributed by atoms with E-state index in [9.17, 15) is 4.79 Å². The standard InChI is InChI=1S/C14H23N5O/c1-6-9(7-2)16-13-17-11-10(12(20)18-13)8-15-19(11)14(3,4)5/h8-9H,6-7H2,1-5H3,(H2,16,17,18,20). The average Bonchev–Trinajstić information content (AvgIpc) is 2.80. The molecule has 2 aromatic heterocycles. The Kier molecular flexibility index (Phi) is 3.83.